The fraction of sp³-hybridized carbons (Fsp3) is 0.417. The summed E-state index contributed by atoms with van der Waals surface area (Å²) >= 11 is 0. The number of nitrogens with one attached hydrogen (secondary N) is 2. The van der Waals surface area contributed by atoms with Gasteiger partial charge in [-0.3, -0.25) is 4.98 Å². The van der Waals surface area contributed by atoms with Gasteiger partial charge in [0.1, 0.15) is 6.04 Å². The minimum atomic E-state index is -0.990. The van der Waals surface area contributed by atoms with E-state index in [-0.39, 0.29) is 5.92 Å². The van der Waals surface area contributed by atoms with Crippen LogP contribution in [0.5, 0.6) is 0 Å². The summed E-state index contributed by atoms with van der Waals surface area (Å²) in [7, 11) is 0. The van der Waals surface area contributed by atoms with E-state index in [1.165, 1.54) is 6.20 Å². The van der Waals surface area contributed by atoms with Crippen molar-refractivity contribution in [2.75, 3.05) is 5.32 Å². The Balaban J connectivity index is 1.96. The number of pyridine rings is 1. The van der Waals surface area contributed by atoms with Gasteiger partial charge in [-0.15, -0.1) is 0 Å². The number of hydrogen-bond acceptors (Lipinski definition) is 3. The molecule has 3 N–H and O–H groups in total. The summed E-state index contributed by atoms with van der Waals surface area (Å²) in [5.41, 5.74) is 1.45. The highest BCUT2D eigenvalue weighted by molar-refractivity contribution is 5.92. The first-order valence-electron chi connectivity index (χ1n) is 5.79. The standard InChI is InChI=1S/C12H15N3O3/c1-7-4-5-13-6-9(7)14-12(18)15-10(11(16)17)8-2-3-8/h4-6,8,10H,2-3H2,1H3,(H,16,17)(H2,14,15,18). The van der Waals surface area contributed by atoms with Gasteiger partial charge in [0.05, 0.1) is 11.9 Å². The quantitative estimate of drug-likeness (QED) is 0.751. The van der Waals surface area contributed by atoms with Gasteiger partial charge in [-0.1, -0.05) is 0 Å². The van der Waals surface area contributed by atoms with Crippen molar-refractivity contribution in [3.05, 3.63) is 24.0 Å². The van der Waals surface area contributed by atoms with E-state index in [0.29, 0.717) is 5.69 Å². The second-order valence-electron chi connectivity index (χ2n) is 4.44. The predicted molar refractivity (Wildman–Crippen MR) is 65.3 cm³/mol. The molecule has 1 aliphatic rings. The molecule has 0 aromatic carbocycles. The molecule has 0 saturated heterocycles. The summed E-state index contributed by atoms with van der Waals surface area (Å²) in [6.45, 7) is 1.84. The van der Waals surface area contributed by atoms with Crippen LogP contribution in [-0.4, -0.2) is 28.1 Å². The van der Waals surface area contributed by atoms with Crippen LogP contribution in [-0.2, 0) is 4.79 Å². The van der Waals surface area contributed by atoms with Crippen molar-refractivity contribution in [3.63, 3.8) is 0 Å². The number of urea groups is 1. The second kappa shape index (κ2) is 5.03. The molecule has 2 rings (SSSR count). The molecule has 1 heterocycles. The van der Waals surface area contributed by atoms with Crippen molar-refractivity contribution < 1.29 is 14.7 Å². The van der Waals surface area contributed by atoms with E-state index in [4.69, 9.17) is 5.11 Å². The molecular weight excluding hydrogens is 234 g/mol. The predicted octanol–water partition coefficient (Wildman–Crippen LogP) is 1.37. The maximum atomic E-state index is 11.7. The van der Waals surface area contributed by atoms with Crippen LogP contribution in [0.25, 0.3) is 0 Å². The number of aliphatic carboxylic acids is 1. The summed E-state index contributed by atoms with van der Waals surface area (Å²) in [6.07, 6.45) is 4.86. The lowest BCUT2D eigenvalue weighted by molar-refractivity contribution is -0.139. The summed E-state index contributed by atoms with van der Waals surface area (Å²) < 4.78 is 0. The van der Waals surface area contributed by atoms with Crippen molar-refractivity contribution in [2.45, 2.75) is 25.8 Å². The molecule has 1 atom stereocenters. The lowest BCUT2D eigenvalue weighted by Gasteiger charge is -2.14. The van der Waals surface area contributed by atoms with Crippen LogP contribution in [0, 0.1) is 12.8 Å². The number of carbonyl (C=O) groups excluding carboxylic acids is 1. The molecule has 0 spiro atoms. The molecule has 1 aromatic heterocycles. The van der Waals surface area contributed by atoms with Crippen LogP contribution in [0.1, 0.15) is 18.4 Å². The topological polar surface area (TPSA) is 91.3 Å². The molecule has 1 unspecified atom stereocenters. The molecule has 0 aliphatic heterocycles. The van der Waals surface area contributed by atoms with Crippen molar-refractivity contribution in [3.8, 4) is 0 Å². The SMILES string of the molecule is Cc1ccncc1NC(=O)NC(C(=O)O)C1CC1. The maximum absolute atomic E-state index is 11.7. The first kappa shape index (κ1) is 12.3. The van der Waals surface area contributed by atoms with E-state index >= 15 is 0 Å². The Morgan fingerprint density at radius 1 is 1.50 bits per heavy atom. The number of nitrogens with zero attached hydrogens (tertiary/aromatic N) is 1. The zero-order valence-corrected chi connectivity index (χ0v) is 10.0. The number of anilines is 1. The molecule has 1 saturated carbocycles. The molecule has 1 fully saturated rings. The zero-order chi connectivity index (χ0) is 13.1. The van der Waals surface area contributed by atoms with E-state index in [1.807, 2.05) is 6.92 Å². The van der Waals surface area contributed by atoms with Gasteiger partial charge in [0.15, 0.2) is 0 Å². The van der Waals surface area contributed by atoms with E-state index in [1.54, 1.807) is 12.3 Å². The Morgan fingerprint density at radius 3 is 2.78 bits per heavy atom. The first-order chi connectivity index (χ1) is 8.58. The van der Waals surface area contributed by atoms with Crippen LogP contribution in [0.4, 0.5) is 10.5 Å². The highest BCUT2D eigenvalue weighted by Crippen LogP contribution is 2.32. The van der Waals surface area contributed by atoms with Gasteiger partial charge < -0.3 is 15.7 Å². The lowest BCUT2D eigenvalue weighted by atomic mass is 10.2. The van der Waals surface area contributed by atoms with E-state index in [0.717, 1.165) is 18.4 Å². The molecule has 1 aliphatic carbocycles. The average Bonchev–Trinajstić information content (AvgIpc) is 3.13. The van der Waals surface area contributed by atoms with Crippen molar-refractivity contribution in [2.24, 2.45) is 5.92 Å². The molecule has 0 bridgehead atoms. The average molecular weight is 249 g/mol. The number of carboxylic acids is 1. The van der Waals surface area contributed by atoms with Crippen LogP contribution >= 0.6 is 0 Å². The summed E-state index contributed by atoms with van der Waals surface area (Å²) in [4.78, 5) is 26.6. The maximum Gasteiger partial charge on any atom is 0.326 e. The largest absolute Gasteiger partial charge is 0.480 e. The third kappa shape index (κ3) is 2.97. The van der Waals surface area contributed by atoms with Crippen molar-refractivity contribution in [1.29, 1.82) is 0 Å². The zero-order valence-electron chi connectivity index (χ0n) is 10.0. The van der Waals surface area contributed by atoms with Gasteiger partial charge in [0.25, 0.3) is 0 Å². The smallest absolute Gasteiger partial charge is 0.326 e. The van der Waals surface area contributed by atoms with E-state index in [9.17, 15) is 9.59 Å². The minimum Gasteiger partial charge on any atom is -0.480 e. The first-order valence-corrected chi connectivity index (χ1v) is 5.79. The monoisotopic (exact) mass is 249 g/mol. The number of carbonyl (C=O) groups is 2. The second-order valence-corrected chi connectivity index (χ2v) is 4.44. The van der Waals surface area contributed by atoms with Gasteiger partial charge in [-0.05, 0) is 37.3 Å². The highest BCUT2D eigenvalue weighted by Gasteiger charge is 2.37. The van der Waals surface area contributed by atoms with E-state index < -0.39 is 18.0 Å². The number of aryl methyl sites for hydroxylation is 1. The summed E-state index contributed by atoms with van der Waals surface area (Å²) in [5.74, 6) is -0.932. The minimum absolute atomic E-state index is 0.0586. The molecule has 6 heteroatoms. The number of hydrogen-bond donors (Lipinski definition) is 3. The normalized spacial score (nSPS) is 15.8. The Morgan fingerprint density at radius 2 is 2.22 bits per heavy atom. The Kier molecular flexibility index (Phi) is 3.45. The molecule has 0 radical (unpaired) electrons. The highest BCUT2D eigenvalue weighted by atomic mass is 16.4. The van der Waals surface area contributed by atoms with Gasteiger partial charge >= 0.3 is 12.0 Å². The van der Waals surface area contributed by atoms with Gasteiger partial charge in [-0.2, -0.15) is 0 Å². The van der Waals surface area contributed by atoms with Crippen LogP contribution < -0.4 is 10.6 Å². The number of carboxylic acid groups (broad SMARTS) is 1. The van der Waals surface area contributed by atoms with Crippen molar-refractivity contribution in [1.82, 2.24) is 10.3 Å². The van der Waals surface area contributed by atoms with Crippen molar-refractivity contribution >= 4 is 17.7 Å². The molecule has 96 valence electrons. The summed E-state index contributed by atoms with van der Waals surface area (Å²) in [6, 6.07) is 0.456. The number of rotatable bonds is 4. The van der Waals surface area contributed by atoms with Gasteiger partial charge in [-0.25, -0.2) is 9.59 Å². The summed E-state index contributed by atoms with van der Waals surface area (Å²) in [5, 5.41) is 14.1. The molecule has 6 nitrogen and oxygen atoms in total. The Labute approximate surface area is 104 Å². The fourth-order valence-electron chi connectivity index (χ4n) is 1.71. The third-order valence-electron chi connectivity index (χ3n) is 2.93. The fourth-order valence-corrected chi connectivity index (χ4v) is 1.71. The number of aromatic nitrogens is 1. The van der Waals surface area contributed by atoms with E-state index in [2.05, 4.69) is 15.6 Å². The van der Waals surface area contributed by atoms with Crippen LogP contribution in [0.3, 0.4) is 0 Å². The Bertz CT molecular complexity index is 471. The van der Waals surface area contributed by atoms with Crippen LogP contribution in [0.15, 0.2) is 18.5 Å². The van der Waals surface area contributed by atoms with Gasteiger partial charge in [0, 0.05) is 6.20 Å². The number of amides is 2. The molecule has 1 aromatic rings. The molecular formula is C12H15N3O3. The molecule has 18 heavy (non-hydrogen) atoms. The third-order valence-corrected chi connectivity index (χ3v) is 2.93. The van der Waals surface area contributed by atoms with Gasteiger partial charge in [0.2, 0.25) is 0 Å². The lowest BCUT2D eigenvalue weighted by Crippen LogP contribution is -2.44. The van der Waals surface area contributed by atoms with Crippen LogP contribution in [0.2, 0.25) is 0 Å². The Hall–Kier alpha value is -2.11. The molecule has 2 amide bonds.